The summed E-state index contributed by atoms with van der Waals surface area (Å²) in [6.07, 6.45) is 6.54. The number of hydrogen-bond donors (Lipinski definition) is 1. The first-order chi connectivity index (χ1) is 6.13. The molecule has 0 radical (unpaired) electrons. The van der Waals surface area contributed by atoms with Crippen molar-refractivity contribution in [1.82, 2.24) is 9.55 Å². The van der Waals surface area contributed by atoms with Gasteiger partial charge in [0.15, 0.2) is 0 Å². The SMILES string of the molecule is Cc1cnc(C2(N)CCCC2)n1C. The van der Waals surface area contributed by atoms with E-state index in [0.29, 0.717) is 0 Å². The summed E-state index contributed by atoms with van der Waals surface area (Å²) in [7, 11) is 2.05. The molecule has 1 aromatic heterocycles. The van der Waals surface area contributed by atoms with Gasteiger partial charge in [-0.2, -0.15) is 0 Å². The lowest BCUT2D eigenvalue weighted by molar-refractivity contribution is 0.417. The number of hydrogen-bond acceptors (Lipinski definition) is 2. The van der Waals surface area contributed by atoms with Crippen molar-refractivity contribution in [3.8, 4) is 0 Å². The molecule has 0 saturated heterocycles. The van der Waals surface area contributed by atoms with E-state index in [9.17, 15) is 0 Å². The Bertz CT molecular complexity index is 308. The molecular weight excluding hydrogens is 162 g/mol. The summed E-state index contributed by atoms with van der Waals surface area (Å²) >= 11 is 0. The molecule has 1 heterocycles. The van der Waals surface area contributed by atoms with Crippen LogP contribution in [0.1, 0.15) is 37.2 Å². The lowest BCUT2D eigenvalue weighted by Crippen LogP contribution is -2.36. The van der Waals surface area contributed by atoms with Crippen LogP contribution in [0.15, 0.2) is 6.20 Å². The van der Waals surface area contributed by atoms with Crippen LogP contribution in [0, 0.1) is 6.92 Å². The maximum atomic E-state index is 6.31. The number of aryl methyl sites for hydroxylation is 1. The van der Waals surface area contributed by atoms with Gasteiger partial charge in [0.25, 0.3) is 0 Å². The first kappa shape index (κ1) is 8.75. The van der Waals surface area contributed by atoms with E-state index in [0.717, 1.165) is 18.7 Å². The van der Waals surface area contributed by atoms with Gasteiger partial charge in [-0.05, 0) is 19.8 Å². The molecule has 3 nitrogen and oxygen atoms in total. The zero-order valence-electron chi connectivity index (χ0n) is 8.38. The first-order valence-electron chi connectivity index (χ1n) is 4.91. The van der Waals surface area contributed by atoms with Crippen molar-refractivity contribution < 1.29 is 0 Å². The molecule has 0 aliphatic heterocycles. The van der Waals surface area contributed by atoms with Crippen LogP contribution in [0.25, 0.3) is 0 Å². The van der Waals surface area contributed by atoms with Gasteiger partial charge in [0.05, 0.1) is 5.54 Å². The predicted octanol–water partition coefficient (Wildman–Crippen LogP) is 1.46. The summed E-state index contributed by atoms with van der Waals surface area (Å²) < 4.78 is 2.12. The van der Waals surface area contributed by atoms with Crippen molar-refractivity contribution in [2.75, 3.05) is 0 Å². The Morgan fingerprint density at radius 2 is 2.08 bits per heavy atom. The van der Waals surface area contributed by atoms with Crippen LogP contribution in [-0.2, 0) is 12.6 Å². The molecule has 1 aliphatic carbocycles. The van der Waals surface area contributed by atoms with Crippen molar-refractivity contribution in [3.63, 3.8) is 0 Å². The number of imidazole rings is 1. The minimum atomic E-state index is -0.150. The van der Waals surface area contributed by atoms with Gasteiger partial charge in [0, 0.05) is 18.9 Å². The van der Waals surface area contributed by atoms with E-state index >= 15 is 0 Å². The molecule has 0 aromatic carbocycles. The van der Waals surface area contributed by atoms with Crippen molar-refractivity contribution in [3.05, 3.63) is 17.7 Å². The molecule has 0 unspecified atom stereocenters. The van der Waals surface area contributed by atoms with Gasteiger partial charge in [0.1, 0.15) is 5.82 Å². The zero-order valence-corrected chi connectivity index (χ0v) is 8.38. The summed E-state index contributed by atoms with van der Waals surface area (Å²) in [6, 6.07) is 0. The van der Waals surface area contributed by atoms with Gasteiger partial charge >= 0.3 is 0 Å². The van der Waals surface area contributed by atoms with Gasteiger partial charge in [-0.15, -0.1) is 0 Å². The van der Waals surface area contributed by atoms with Crippen molar-refractivity contribution in [1.29, 1.82) is 0 Å². The van der Waals surface area contributed by atoms with Crippen LogP contribution in [-0.4, -0.2) is 9.55 Å². The first-order valence-corrected chi connectivity index (χ1v) is 4.91. The summed E-state index contributed by atoms with van der Waals surface area (Å²) in [5, 5.41) is 0. The Hall–Kier alpha value is -0.830. The maximum absolute atomic E-state index is 6.31. The highest BCUT2D eigenvalue weighted by Crippen LogP contribution is 2.35. The van der Waals surface area contributed by atoms with Crippen LogP contribution in [0.4, 0.5) is 0 Å². The number of nitrogens with zero attached hydrogens (tertiary/aromatic N) is 2. The monoisotopic (exact) mass is 179 g/mol. The molecule has 1 aliphatic rings. The quantitative estimate of drug-likeness (QED) is 0.709. The third-order valence-corrected chi connectivity index (χ3v) is 3.16. The normalized spacial score (nSPS) is 20.8. The van der Waals surface area contributed by atoms with Crippen molar-refractivity contribution in [2.24, 2.45) is 12.8 Å². The Kier molecular flexibility index (Phi) is 1.91. The molecule has 72 valence electrons. The second-order valence-corrected chi connectivity index (χ2v) is 4.15. The molecule has 0 amide bonds. The van der Waals surface area contributed by atoms with Crippen LogP contribution in [0.2, 0.25) is 0 Å². The van der Waals surface area contributed by atoms with Gasteiger partial charge in [0.2, 0.25) is 0 Å². The van der Waals surface area contributed by atoms with Crippen LogP contribution in [0.5, 0.6) is 0 Å². The highest BCUT2D eigenvalue weighted by molar-refractivity contribution is 5.13. The minimum Gasteiger partial charge on any atom is -0.334 e. The summed E-state index contributed by atoms with van der Waals surface area (Å²) in [5.74, 6) is 1.06. The summed E-state index contributed by atoms with van der Waals surface area (Å²) in [5.41, 5.74) is 7.35. The van der Waals surface area contributed by atoms with Gasteiger partial charge in [-0.3, -0.25) is 0 Å². The maximum Gasteiger partial charge on any atom is 0.128 e. The highest BCUT2D eigenvalue weighted by Gasteiger charge is 2.34. The van der Waals surface area contributed by atoms with Gasteiger partial charge in [-0.1, -0.05) is 12.8 Å². The smallest absolute Gasteiger partial charge is 0.128 e. The predicted molar refractivity (Wildman–Crippen MR) is 52.3 cm³/mol. The molecule has 0 spiro atoms. The van der Waals surface area contributed by atoms with E-state index < -0.39 is 0 Å². The second-order valence-electron chi connectivity index (χ2n) is 4.15. The fraction of sp³-hybridized carbons (Fsp3) is 0.700. The van der Waals surface area contributed by atoms with Crippen LogP contribution in [0.3, 0.4) is 0 Å². The molecule has 1 fully saturated rings. The largest absolute Gasteiger partial charge is 0.334 e. The molecule has 0 atom stereocenters. The van der Waals surface area contributed by atoms with Gasteiger partial charge < -0.3 is 10.3 Å². The lowest BCUT2D eigenvalue weighted by atomic mass is 9.98. The summed E-state index contributed by atoms with van der Waals surface area (Å²) in [6.45, 7) is 2.06. The molecule has 0 bridgehead atoms. The van der Waals surface area contributed by atoms with E-state index in [2.05, 4.69) is 16.5 Å². The molecule has 2 N–H and O–H groups in total. The molecule has 13 heavy (non-hydrogen) atoms. The fourth-order valence-corrected chi connectivity index (χ4v) is 2.19. The van der Waals surface area contributed by atoms with Crippen molar-refractivity contribution >= 4 is 0 Å². The number of aromatic nitrogens is 2. The average Bonchev–Trinajstić information content (AvgIpc) is 2.63. The third-order valence-electron chi connectivity index (χ3n) is 3.16. The molecular formula is C10H17N3. The van der Waals surface area contributed by atoms with E-state index in [1.54, 1.807) is 0 Å². The molecule has 1 aromatic rings. The minimum absolute atomic E-state index is 0.150. The van der Waals surface area contributed by atoms with E-state index in [-0.39, 0.29) is 5.54 Å². The molecule has 1 saturated carbocycles. The van der Waals surface area contributed by atoms with E-state index in [1.807, 2.05) is 13.2 Å². The van der Waals surface area contributed by atoms with Crippen LogP contribution >= 0.6 is 0 Å². The average molecular weight is 179 g/mol. The third kappa shape index (κ3) is 1.27. The van der Waals surface area contributed by atoms with E-state index in [1.165, 1.54) is 18.5 Å². The summed E-state index contributed by atoms with van der Waals surface area (Å²) in [4.78, 5) is 4.41. The topological polar surface area (TPSA) is 43.8 Å². The number of rotatable bonds is 1. The van der Waals surface area contributed by atoms with Crippen molar-refractivity contribution in [2.45, 2.75) is 38.1 Å². The van der Waals surface area contributed by atoms with Gasteiger partial charge in [-0.25, -0.2) is 4.98 Å². The Labute approximate surface area is 79.0 Å². The highest BCUT2D eigenvalue weighted by atomic mass is 15.1. The lowest BCUT2D eigenvalue weighted by Gasteiger charge is -2.23. The molecule has 3 heteroatoms. The second kappa shape index (κ2) is 2.84. The standard InChI is InChI=1S/C10H17N3/c1-8-7-12-9(13(8)2)10(11)5-3-4-6-10/h7H,3-6,11H2,1-2H3. The number of nitrogens with two attached hydrogens (primary N) is 1. The molecule has 2 rings (SSSR count). The van der Waals surface area contributed by atoms with E-state index in [4.69, 9.17) is 5.73 Å². The zero-order chi connectivity index (χ0) is 9.47. The Morgan fingerprint density at radius 1 is 1.46 bits per heavy atom. The Morgan fingerprint density at radius 3 is 2.54 bits per heavy atom. The fourth-order valence-electron chi connectivity index (χ4n) is 2.19. The van der Waals surface area contributed by atoms with Crippen LogP contribution < -0.4 is 5.73 Å². The Balaban J connectivity index is 2.39.